The Labute approximate surface area is 94.6 Å². The van der Waals surface area contributed by atoms with Gasteiger partial charge in [0, 0.05) is 0 Å². The summed E-state index contributed by atoms with van der Waals surface area (Å²) in [6, 6.07) is 6.91. The Balaban J connectivity index is 3.12. The average molecular weight is 246 g/mol. The van der Waals surface area contributed by atoms with Crippen LogP contribution in [0.1, 0.15) is 5.56 Å². The molecule has 0 amide bonds. The van der Waals surface area contributed by atoms with Crippen LogP contribution in [0.4, 0.5) is 0 Å². The predicted molar refractivity (Wildman–Crippen MR) is 65.3 cm³/mol. The first-order valence-corrected chi connectivity index (χ1v) is 7.93. The van der Waals surface area contributed by atoms with Crippen molar-refractivity contribution >= 4 is 21.1 Å². The van der Waals surface area contributed by atoms with Gasteiger partial charge in [0.2, 0.25) is 0 Å². The van der Waals surface area contributed by atoms with E-state index in [1.165, 1.54) is 3.71 Å². The van der Waals surface area contributed by atoms with Crippen molar-refractivity contribution in [1.29, 1.82) is 0 Å². The normalized spacial score (nSPS) is 12.4. The molecule has 0 bridgehead atoms. The van der Waals surface area contributed by atoms with Gasteiger partial charge in [-0.05, 0) is 22.8 Å². The van der Waals surface area contributed by atoms with Crippen LogP contribution in [0.25, 0.3) is 0 Å². The fraction of sp³-hybridized carbons (Fsp3) is 0.400. The maximum absolute atomic E-state index is 12.0. The van der Waals surface area contributed by atoms with Gasteiger partial charge in [0.05, 0.1) is 23.0 Å². The Morgan fingerprint density at radius 3 is 2.00 bits per heavy atom. The smallest absolute Gasteiger partial charge is 0.203 e. The van der Waals surface area contributed by atoms with Crippen molar-refractivity contribution in [2.24, 2.45) is 0 Å². The third-order valence-electron chi connectivity index (χ3n) is 2.17. The summed E-state index contributed by atoms with van der Waals surface area (Å²) in [6.07, 6.45) is 3.76. The summed E-state index contributed by atoms with van der Waals surface area (Å²) in [4.78, 5) is 0.358. The first-order chi connectivity index (χ1) is 6.85. The molecule has 0 aliphatic heterocycles. The van der Waals surface area contributed by atoms with Crippen LogP contribution in [0.2, 0.25) is 0 Å². The summed E-state index contributed by atoms with van der Waals surface area (Å²) in [5.41, 5.74) is 1.06. The average Bonchev–Trinajstić information content (AvgIpc) is 2.17. The second-order valence-electron chi connectivity index (χ2n) is 3.50. The van der Waals surface area contributed by atoms with Gasteiger partial charge in [-0.25, -0.2) is 8.42 Å². The molecule has 5 heteroatoms. The number of rotatable bonds is 3. The van der Waals surface area contributed by atoms with E-state index in [0.717, 1.165) is 5.56 Å². The molecule has 0 radical (unpaired) electrons. The van der Waals surface area contributed by atoms with Crippen LogP contribution in [0.3, 0.4) is 0 Å². The molecule has 84 valence electrons. The molecule has 0 spiro atoms. The molecule has 1 aromatic carbocycles. The Bertz CT molecular complexity index is 423. The maximum atomic E-state index is 12.0. The van der Waals surface area contributed by atoms with Crippen LogP contribution in [0.15, 0.2) is 29.2 Å². The van der Waals surface area contributed by atoms with Crippen LogP contribution in [0.5, 0.6) is 0 Å². The molecule has 0 aliphatic rings. The molecular weight excluding hydrogens is 230 g/mol. The summed E-state index contributed by atoms with van der Waals surface area (Å²) in [7, 11) is -1.70. The van der Waals surface area contributed by atoms with Crippen LogP contribution < -0.4 is 0 Å². The Morgan fingerprint density at radius 1 is 1.13 bits per heavy atom. The molecule has 1 aromatic rings. The molecule has 0 unspecified atom stereocenters. The van der Waals surface area contributed by atoms with Gasteiger partial charge in [-0.1, -0.05) is 17.7 Å². The number of hydrogen-bond acceptors (Lipinski definition) is 2. The second kappa shape index (κ2) is 4.55. The van der Waals surface area contributed by atoms with Crippen molar-refractivity contribution in [3.05, 3.63) is 29.8 Å². The molecule has 0 aliphatic carbocycles. The van der Waals surface area contributed by atoms with E-state index in [9.17, 15) is 8.42 Å². The molecule has 15 heavy (non-hydrogen) atoms. The molecule has 0 saturated carbocycles. The van der Waals surface area contributed by atoms with E-state index >= 15 is 0 Å². The highest BCUT2D eigenvalue weighted by Crippen LogP contribution is 2.16. The molecule has 0 heterocycles. The highest BCUT2D eigenvalue weighted by Gasteiger charge is 2.29. The first kappa shape index (κ1) is 12.5. The molecule has 0 aromatic heterocycles. The van der Waals surface area contributed by atoms with Gasteiger partial charge in [-0.15, -0.1) is 0 Å². The molecule has 0 saturated heterocycles. The largest absolute Gasteiger partial charge is 0.281 e. The number of benzene rings is 1. The first-order valence-electron chi connectivity index (χ1n) is 4.49. The highest BCUT2D eigenvalue weighted by atomic mass is 32.3. The van der Waals surface area contributed by atoms with Crippen molar-refractivity contribution < 1.29 is 8.42 Å². The zero-order valence-electron chi connectivity index (χ0n) is 9.39. The second-order valence-corrected chi connectivity index (χ2v) is 7.80. The monoisotopic (exact) mass is 246 g/mol. The Hall–Kier alpha value is -0.520. The lowest BCUT2D eigenvalue weighted by molar-refractivity contribution is 0.563. The standard InChI is InChI=1S/C10H16NO2S2/c1-9-5-7-10(8-6-9)15(12,13)11(2)14(3)4/h5-8H,1-4H3/q+1. The minimum atomic E-state index is -3.31. The Morgan fingerprint density at radius 2 is 1.60 bits per heavy atom. The van der Waals surface area contributed by atoms with E-state index in [2.05, 4.69) is 0 Å². The quantitative estimate of drug-likeness (QED) is 0.756. The zero-order valence-corrected chi connectivity index (χ0v) is 11.0. The van der Waals surface area contributed by atoms with Crippen molar-refractivity contribution in [3.8, 4) is 0 Å². The predicted octanol–water partition coefficient (Wildman–Crippen LogP) is 1.41. The maximum Gasteiger partial charge on any atom is 0.281 e. The topological polar surface area (TPSA) is 37.4 Å². The van der Waals surface area contributed by atoms with Crippen LogP contribution in [-0.4, -0.2) is 31.7 Å². The van der Waals surface area contributed by atoms with E-state index in [1.54, 1.807) is 19.2 Å². The summed E-state index contributed by atoms with van der Waals surface area (Å²) in [5, 5.41) is 0. The highest BCUT2D eigenvalue weighted by molar-refractivity contribution is 8.06. The summed E-state index contributed by atoms with van der Waals surface area (Å²) < 4.78 is 25.4. The van der Waals surface area contributed by atoms with Crippen molar-refractivity contribution in [1.82, 2.24) is 3.71 Å². The molecule has 3 nitrogen and oxygen atoms in total. The lowest BCUT2D eigenvalue weighted by Crippen LogP contribution is -2.31. The van der Waals surface area contributed by atoms with Crippen LogP contribution in [0, 0.1) is 6.92 Å². The number of sulfonamides is 1. The van der Waals surface area contributed by atoms with Crippen LogP contribution in [-0.2, 0) is 21.1 Å². The molecule has 1 rings (SSSR count). The van der Waals surface area contributed by atoms with E-state index in [-0.39, 0.29) is 11.1 Å². The summed E-state index contributed by atoms with van der Waals surface area (Å²) in [5.74, 6) is 0. The molecule has 0 fully saturated rings. The minimum Gasteiger partial charge on any atom is -0.203 e. The van der Waals surface area contributed by atoms with Gasteiger partial charge >= 0.3 is 0 Å². The van der Waals surface area contributed by atoms with E-state index in [0.29, 0.717) is 4.90 Å². The van der Waals surface area contributed by atoms with Crippen molar-refractivity contribution in [2.45, 2.75) is 11.8 Å². The van der Waals surface area contributed by atoms with Gasteiger partial charge in [-0.2, -0.15) is 0 Å². The number of nitrogens with zero attached hydrogens (tertiary/aromatic N) is 1. The lowest BCUT2D eigenvalue weighted by Gasteiger charge is -2.12. The van der Waals surface area contributed by atoms with Crippen molar-refractivity contribution in [3.63, 3.8) is 0 Å². The van der Waals surface area contributed by atoms with Gasteiger partial charge < -0.3 is 0 Å². The fourth-order valence-corrected chi connectivity index (χ4v) is 3.66. The van der Waals surface area contributed by atoms with E-state index in [1.807, 2.05) is 31.6 Å². The zero-order chi connectivity index (χ0) is 11.6. The third-order valence-corrected chi connectivity index (χ3v) is 6.23. The number of aryl methyl sites for hydroxylation is 1. The number of hydrogen-bond donors (Lipinski definition) is 0. The van der Waals surface area contributed by atoms with Gasteiger partial charge in [-0.3, -0.25) is 0 Å². The van der Waals surface area contributed by atoms with Gasteiger partial charge in [0.1, 0.15) is 12.5 Å². The van der Waals surface area contributed by atoms with Crippen LogP contribution >= 0.6 is 0 Å². The SMILES string of the molecule is Cc1ccc(S(=O)(=O)N(C)[S+](C)C)cc1. The summed E-state index contributed by atoms with van der Waals surface area (Å²) >= 11 is -0.290. The lowest BCUT2D eigenvalue weighted by atomic mass is 10.2. The minimum absolute atomic E-state index is 0.290. The van der Waals surface area contributed by atoms with E-state index in [4.69, 9.17) is 0 Å². The Kier molecular flexibility index (Phi) is 3.81. The fourth-order valence-electron chi connectivity index (χ4n) is 1.05. The molecule has 0 N–H and O–H groups in total. The summed E-state index contributed by atoms with van der Waals surface area (Å²) in [6.45, 7) is 1.93. The van der Waals surface area contributed by atoms with E-state index < -0.39 is 10.0 Å². The molecular formula is C10H16NO2S2+. The van der Waals surface area contributed by atoms with Gasteiger partial charge in [0.25, 0.3) is 10.0 Å². The van der Waals surface area contributed by atoms with Gasteiger partial charge in [0.15, 0.2) is 0 Å². The van der Waals surface area contributed by atoms with Crippen molar-refractivity contribution in [2.75, 3.05) is 19.6 Å². The molecule has 0 atom stereocenters. The third kappa shape index (κ3) is 2.74.